The number of rotatable bonds is 11. The quantitative estimate of drug-likeness (QED) is 0.265. The Kier molecular flexibility index (Phi) is 8.53. The van der Waals surface area contributed by atoms with Gasteiger partial charge in [0.2, 0.25) is 0 Å². The van der Waals surface area contributed by atoms with Gasteiger partial charge in [0, 0.05) is 37.0 Å². The molecule has 0 bridgehead atoms. The van der Waals surface area contributed by atoms with Gasteiger partial charge in [-0.05, 0) is 82.2 Å². The molecule has 2 aliphatic heterocycles. The number of aromatic hydroxyl groups is 1. The third-order valence-corrected chi connectivity index (χ3v) is 8.98. The molecule has 3 aliphatic rings. The number of ether oxygens (including phenoxy) is 1. The summed E-state index contributed by atoms with van der Waals surface area (Å²) >= 11 is 0. The summed E-state index contributed by atoms with van der Waals surface area (Å²) in [5, 5.41) is 15.0. The Bertz CT molecular complexity index is 882. The molecule has 0 spiro atoms. The summed E-state index contributed by atoms with van der Waals surface area (Å²) in [4.78, 5) is 2.57. The highest BCUT2D eigenvalue weighted by Gasteiger charge is 2.46. The van der Waals surface area contributed by atoms with Crippen LogP contribution in [0.4, 0.5) is 0 Å². The fourth-order valence-electron chi connectivity index (χ4n) is 6.63. The van der Waals surface area contributed by atoms with E-state index in [4.69, 9.17) is 4.74 Å². The van der Waals surface area contributed by atoms with Crippen LogP contribution in [0, 0.1) is 5.92 Å². The van der Waals surface area contributed by atoms with Gasteiger partial charge in [-0.1, -0.05) is 58.1 Å². The highest BCUT2D eigenvalue weighted by atomic mass is 16.5. The molecule has 4 rings (SSSR count). The lowest BCUT2D eigenvalue weighted by molar-refractivity contribution is 0.00724. The second-order valence-electron chi connectivity index (χ2n) is 12.5. The first-order valence-electron chi connectivity index (χ1n) is 14.4. The first-order valence-corrected chi connectivity index (χ1v) is 14.4. The molecule has 0 aromatic heterocycles. The molecular weight excluding hydrogens is 432 g/mol. The lowest BCUT2D eigenvalue weighted by Gasteiger charge is -2.47. The van der Waals surface area contributed by atoms with Gasteiger partial charge in [0.1, 0.15) is 17.1 Å². The van der Waals surface area contributed by atoms with Gasteiger partial charge in [0.05, 0.1) is 0 Å². The van der Waals surface area contributed by atoms with Crippen LogP contribution < -0.4 is 10.1 Å². The fraction of sp³-hybridized carbons (Fsp3) is 0.742. The van der Waals surface area contributed by atoms with Gasteiger partial charge in [0.15, 0.2) is 0 Å². The lowest BCUT2D eigenvalue weighted by Crippen LogP contribution is -2.46. The van der Waals surface area contributed by atoms with E-state index in [2.05, 4.69) is 57.0 Å². The minimum Gasteiger partial charge on any atom is -0.508 e. The molecule has 4 heteroatoms. The zero-order valence-corrected chi connectivity index (χ0v) is 23.1. The number of hydrogen-bond donors (Lipinski definition) is 2. The number of fused-ring (bicyclic) bond motifs is 3. The van der Waals surface area contributed by atoms with Crippen LogP contribution in [0.3, 0.4) is 0 Å². The number of unbranched alkanes of at least 4 members (excludes halogenated alkanes) is 3. The molecule has 1 unspecified atom stereocenters. The largest absolute Gasteiger partial charge is 0.508 e. The van der Waals surface area contributed by atoms with Crippen LogP contribution in [0.5, 0.6) is 11.5 Å². The Balaban J connectivity index is 1.46. The zero-order valence-electron chi connectivity index (χ0n) is 23.1. The van der Waals surface area contributed by atoms with Crippen LogP contribution in [0.2, 0.25) is 0 Å². The molecule has 1 fully saturated rings. The normalized spacial score (nSPS) is 24.0. The van der Waals surface area contributed by atoms with Crippen LogP contribution in [0.25, 0.3) is 0 Å². The van der Waals surface area contributed by atoms with Crippen molar-refractivity contribution in [3.8, 4) is 11.5 Å². The van der Waals surface area contributed by atoms with Crippen LogP contribution in [-0.2, 0) is 5.41 Å². The Morgan fingerprint density at radius 3 is 2.66 bits per heavy atom. The van der Waals surface area contributed by atoms with Crippen molar-refractivity contribution in [1.29, 1.82) is 0 Å². The molecule has 35 heavy (non-hydrogen) atoms. The number of nitrogens with one attached hydrogen (secondary N) is 1. The molecule has 0 radical (unpaired) electrons. The van der Waals surface area contributed by atoms with Crippen LogP contribution in [0.1, 0.15) is 109 Å². The van der Waals surface area contributed by atoms with Crippen molar-refractivity contribution in [2.24, 2.45) is 5.92 Å². The van der Waals surface area contributed by atoms with E-state index in [1.165, 1.54) is 62.8 Å². The van der Waals surface area contributed by atoms with Crippen molar-refractivity contribution in [2.45, 2.75) is 109 Å². The predicted molar refractivity (Wildman–Crippen MR) is 147 cm³/mol. The number of phenols is 1. The van der Waals surface area contributed by atoms with Gasteiger partial charge >= 0.3 is 0 Å². The van der Waals surface area contributed by atoms with E-state index in [9.17, 15) is 5.11 Å². The third kappa shape index (κ3) is 6.25. The van der Waals surface area contributed by atoms with Crippen molar-refractivity contribution in [3.05, 3.63) is 34.9 Å². The second-order valence-corrected chi connectivity index (χ2v) is 12.5. The van der Waals surface area contributed by atoms with Gasteiger partial charge in [-0.15, -0.1) is 0 Å². The van der Waals surface area contributed by atoms with Crippen LogP contribution in [-0.4, -0.2) is 48.3 Å². The van der Waals surface area contributed by atoms with E-state index in [1.807, 2.05) is 6.07 Å². The average Bonchev–Trinajstić information content (AvgIpc) is 3.32. The summed E-state index contributed by atoms with van der Waals surface area (Å²) in [5.41, 5.74) is 3.52. The monoisotopic (exact) mass is 482 g/mol. The maximum atomic E-state index is 11.3. The van der Waals surface area contributed by atoms with Crippen molar-refractivity contribution in [2.75, 3.05) is 32.7 Å². The van der Waals surface area contributed by atoms with Gasteiger partial charge in [-0.3, -0.25) is 0 Å². The first kappa shape index (κ1) is 26.5. The van der Waals surface area contributed by atoms with Gasteiger partial charge in [-0.25, -0.2) is 0 Å². The van der Waals surface area contributed by atoms with Crippen molar-refractivity contribution in [3.63, 3.8) is 0 Å². The minimum absolute atomic E-state index is 0.0293. The maximum Gasteiger partial charge on any atom is 0.127 e. The Hall–Kier alpha value is -1.52. The Morgan fingerprint density at radius 1 is 1.14 bits per heavy atom. The first-order chi connectivity index (χ1) is 16.7. The number of hydrogen-bond acceptors (Lipinski definition) is 4. The lowest BCUT2D eigenvalue weighted by atomic mass is 9.66. The molecule has 0 saturated carbocycles. The second kappa shape index (κ2) is 11.3. The summed E-state index contributed by atoms with van der Waals surface area (Å²) in [5.74, 6) is 2.06. The van der Waals surface area contributed by atoms with E-state index in [0.29, 0.717) is 17.6 Å². The van der Waals surface area contributed by atoms with Gasteiger partial charge < -0.3 is 20.1 Å². The minimum atomic E-state index is -0.237. The maximum absolute atomic E-state index is 11.3. The molecule has 2 N–H and O–H groups in total. The van der Waals surface area contributed by atoms with Crippen molar-refractivity contribution < 1.29 is 9.84 Å². The Labute approximate surface area is 214 Å². The summed E-state index contributed by atoms with van der Waals surface area (Å²) in [6.07, 6.45) is 13.4. The summed E-state index contributed by atoms with van der Waals surface area (Å²) in [6, 6.07) is 4.29. The van der Waals surface area contributed by atoms with Crippen LogP contribution >= 0.6 is 0 Å². The summed E-state index contributed by atoms with van der Waals surface area (Å²) < 4.78 is 6.63. The topological polar surface area (TPSA) is 44.7 Å². The summed E-state index contributed by atoms with van der Waals surface area (Å²) in [7, 11) is 0. The molecule has 4 nitrogen and oxygen atoms in total. The van der Waals surface area contributed by atoms with E-state index in [1.54, 1.807) is 0 Å². The standard InChI is InChI=1S/C31H50N2O2/c1-6-7-8-9-14-30(2,3)24-20-27(34)29-25-19-23(22-32-15-18-33-16-10-11-17-33)12-13-26(25)31(4,5)35-28(29)21-24/h12,20-21,25-26,32,34H,6-11,13-19,22H2,1-5H3/t25?,26-/m0/s1. The van der Waals surface area contributed by atoms with E-state index in [-0.39, 0.29) is 11.0 Å². The average molecular weight is 483 g/mol. The molecule has 0 amide bonds. The molecular formula is C31H50N2O2. The van der Waals surface area contributed by atoms with E-state index in [0.717, 1.165) is 50.2 Å². The van der Waals surface area contributed by atoms with Crippen LogP contribution in [0.15, 0.2) is 23.8 Å². The number of likely N-dealkylation sites (tertiary alicyclic amines) is 1. The highest BCUT2D eigenvalue weighted by Crippen LogP contribution is 2.55. The smallest absolute Gasteiger partial charge is 0.127 e. The van der Waals surface area contributed by atoms with Crippen molar-refractivity contribution >= 4 is 0 Å². The fourth-order valence-corrected chi connectivity index (χ4v) is 6.63. The molecule has 1 aliphatic carbocycles. The number of benzene rings is 1. The number of phenolic OH excluding ortho intramolecular Hbond substituents is 1. The highest BCUT2D eigenvalue weighted by molar-refractivity contribution is 5.54. The SMILES string of the molecule is CCCCCCC(C)(C)c1cc(O)c2c(c1)OC(C)(C)[C@H]1CC=C(CNCCN3CCCC3)CC21. The molecule has 2 atom stereocenters. The number of allylic oxidation sites excluding steroid dienone is 1. The van der Waals surface area contributed by atoms with Crippen molar-refractivity contribution in [1.82, 2.24) is 10.2 Å². The molecule has 1 aromatic carbocycles. The molecule has 1 aromatic rings. The zero-order chi connectivity index (χ0) is 25.1. The molecule has 2 heterocycles. The summed E-state index contributed by atoms with van der Waals surface area (Å²) in [6.45, 7) is 17.0. The number of nitrogens with zero attached hydrogens (tertiary/aromatic N) is 1. The van der Waals surface area contributed by atoms with E-state index >= 15 is 0 Å². The molecule has 196 valence electrons. The van der Waals surface area contributed by atoms with E-state index < -0.39 is 0 Å². The molecule has 1 saturated heterocycles. The predicted octanol–water partition coefficient (Wildman–Crippen LogP) is 6.92. The van der Waals surface area contributed by atoms with Gasteiger partial charge in [-0.2, -0.15) is 0 Å². The third-order valence-electron chi connectivity index (χ3n) is 8.98. The van der Waals surface area contributed by atoms with Gasteiger partial charge in [0.25, 0.3) is 0 Å². The Morgan fingerprint density at radius 2 is 1.91 bits per heavy atom.